The second-order valence-electron chi connectivity index (χ2n) is 11.3. The van der Waals surface area contributed by atoms with Gasteiger partial charge >= 0.3 is 5.97 Å². The molecule has 4 aliphatic carbocycles. The second kappa shape index (κ2) is 8.86. The molecule has 0 spiro atoms. The Bertz CT molecular complexity index is 1070. The predicted molar refractivity (Wildman–Crippen MR) is 130 cm³/mol. The molecular formula is C27H34F2O6S. The number of esters is 1. The SMILES string of the molecule is CCC(=O)O[C@]1(C(=O)SCC(C)=O)[C@H](C)C[C@H]2[C@@H]3C[C@H](F)C4=CC(=O)C=C[C@]4(C)[C@@]3(F)[C@@H](O)C[C@@]21C. The number of thioether (sulfide) groups is 1. The first-order chi connectivity index (χ1) is 16.7. The lowest BCUT2D eigenvalue weighted by atomic mass is 9.44. The number of Topliss-reactive ketones (excluding diaryl/α,β-unsaturated/α-hetero) is 1. The molecule has 3 fully saturated rings. The summed E-state index contributed by atoms with van der Waals surface area (Å²) in [6.45, 7) is 7.95. The maximum atomic E-state index is 17.3. The van der Waals surface area contributed by atoms with E-state index in [1.54, 1.807) is 20.8 Å². The van der Waals surface area contributed by atoms with Gasteiger partial charge in [0.1, 0.15) is 12.0 Å². The molecule has 6 nitrogen and oxygen atoms in total. The minimum atomic E-state index is -2.29. The molecule has 0 aliphatic heterocycles. The number of alkyl halides is 2. The van der Waals surface area contributed by atoms with E-state index in [2.05, 4.69) is 0 Å². The van der Waals surface area contributed by atoms with Gasteiger partial charge in [-0.15, -0.1) is 0 Å². The van der Waals surface area contributed by atoms with Crippen LogP contribution in [-0.2, 0) is 23.9 Å². The highest BCUT2D eigenvalue weighted by molar-refractivity contribution is 8.14. The van der Waals surface area contributed by atoms with E-state index in [1.165, 1.54) is 26.0 Å². The molecule has 1 N–H and O–H groups in total. The number of fused-ring (bicyclic) bond motifs is 5. The van der Waals surface area contributed by atoms with Crippen molar-refractivity contribution < 1.29 is 37.8 Å². The summed E-state index contributed by atoms with van der Waals surface area (Å²) in [7, 11) is 0. The van der Waals surface area contributed by atoms with Gasteiger partial charge in [0.15, 0.2) is 17.1 Å². The average molecular weight is 525 g/mol. The van der Waals surface area contributed by atoms with Crippen molar-refractivity contribution in [1.82, 2.24) is 0 Å². The van der Waals surface area contributed by atoms with E-state index in [0.717, 1.165) is 17.8 Å². The van der Waals surface area contributed by atoms with Crippen molar-refractivity contribution in [3.8, 4) is 0 Å². The summed E-state index contributed by atoms with van der Waals surface area (Å²) in [5.41, 5.74) is -6.69. The number of hydrogen-bond donors (Lipinski definition) is 1. The Hall–Kier alpha value is -1.87. The molecule has 0 unspecified atom stereocenters. The third-order valence-electron chi connectivity index (χ3n) is 9.44. The summed E-state index contributed by atoms with van der Waals surface area (Å²) in [5.74, 6) is -3.47. The Balaban J connectivity index is 1.85. The fourth-order valence-corrected chi connectivity index (χ4v) is 8.77. The summed E-state index contributed by atoms with van der Waals surface area (Å²) in [5, 5.41) is 11.0. The molecule has 0 amide bonds. The number of carbonyl (C=O) groups is 4. The molecule has 0 saturated heterocycles. The maximum absolute atomic E-state index is 17.3. The molecule has 0 bridgehead atoms. The van der Waals surface area contributed by atoms with Crippen LogP contribution in [0.1, 0.15) is 60.3 Å². The summed E-state index contributed by atoms with van der Waals surface area (Å²) < 4.78 is 38.9. The molecule has 4 rings (SSSR count). The van der Waals surface area contributed by atoms with Crippen LogP contribution in [0.15, 0.2) is 23.8 Å². The third-order valence-corrected chi connectivity index (χ3v) is 10.6. The molecule has 4 aliphatic rings. The second-order valence-corrected chi connectivity index (χ2v) is 12.3. The minimum Gasteiger partial charge on any atom is -0.449 e. The molecule has 0 aromatic rings. The summed E-state index contributed by atoms with van der Waals surface area (Å²) in [6.07, 6.45) is 0.352. The topological polar surface area (TPSA) is 97.7 Å². The Morgan fingerprint density at radius 2 is 1.89 bits per heavy atom. The zero-order valence-corrected chi connectivity index (χ0v) is 22.1. The number of ether oxygens (including phenoxy) is 1. The van der Waals surface area contributed by atoms with E-state index < -0.39 is 69.0 Å². The Morgan fingerprint density at radius 3 is 2.50 bits per heavy atom. The van der Waals surface area contributed by atoms with Gasteiger partial charge in [-0.1, -0.05) is 38.6 Å². The lowest BCUT2D eigenvalue weighted by molar-refractivity contribution is -0.228. The van der Waals surface area contributed by atoms with Crippen molar-refractivity contribution in [3.05, 3.63) is 23.8 Å². The van der Waals surface area contributed by atoms with E-state index in [-0.39, 0.29) is 42.8 Å². The van der Waals surface area contributed by atoms with Gasteiger partial charge in [-0.25, -0.2) is 8.78 Å². The Labute approximate surface area is 214 Å². The first-order valence-electron chi connectivity index (χ1n) is 12.5. The maximum Gasteiger partial charge on any atom is 0.306 e. The van der Waals surface area contributed by atoms with Gasteiger partial charge in [0.05, 0.1) is 11.9 Å². The predicted octanol–water partition coefficient (Wildman–Crippen LogP) is 4.09. The smallest absolute Gasteiger partial charge is 0.306 e. The summed E-state index contributed by atoms with van der Waals surface area (Å²) >= 11 is 0.766. The summed E-state index contributed by atoms with van der Waals surface area (Å²) in [4.78, 5) is 50.0. The molecule has 36 heavy (non-hydrogen) atoms. The molecule has 9 atom stereocenters. The zero-order valence-electron chi connectivity index (χ0n) is 21.3. The molecule has 0 radical (unpaired) electrons. The highest BCUT2D eigenvalue weighted by atomic mass is 32.2. The lowest BCUT2D eigenvalue weighted by Gasteiger charge is -2.63. The van der Waals surface area contributed by atoms with Crippen LogP contribution >= 0.6 is 11.8 Å². The molecule has 3 saturated carbocycles. The molecule has 0 aromatic carbocycles. The van der Waals surface area contributed by atoms with Crippen LogP contribution in [-0.4, -0.2) is 57.1 Å². The van der Waals surface area contributed by atoms with Gasteiger partial charge in [-0.05, 0) is 56.8 Å². The van der Waals surface area contributed by atoms with Crippen LogP contribution in [0.4, 0.5) is 8.78 Å². The molecule has 0 heterocycles. The van der Waals surface area contributed by atoms with Crippen LogP contribution in [0.5, 0.6) is 0 Å². The Kier molecular flexibility index (Phi) is 6.69. The minimum absolute atomic E-state index is 0.0104. The highest BCUT2D eigenvalue weighted by Crippen LogP contribution is 2.72. The van der Waals surface area contributed by atoms with Gasteiger partial charge < -0.3 is 9.84 Å². The normalized spacial score (nSPS) is 45.3. The number of aliphatic hydroxyl groups is 1. The number of halogens is 2. The number of ketones is 2. The number of aliphatic hydroxyl groups excluding tert-OH is 1. The van der Waals surface area contributed by atoms with Crippen molar-refractivity contribution in [1.29, 1.82) is 0 Å². The number of rotatable bonds is 5. The Morgan fingerprint density at radius 1 is 1.22 bits per heavy atom. The number of carbonyl (C=O) groups excluding carboxylic acids is 4. The number of hydrogen-bond acceptors (Lipinski definition) is 7. The van der Waals surface area contributed by atoms with Crippen LogP contribution in [0.2, 0.25) is 0 Å². The monoisotopic (exact) mass is 524 g/mol. The fraction of sp³-hybridized carbons (Fsp3) is 0.704. The van der Waals surface area contributed by atoms with Crippen molar-refractivity contribution in [2.24, 2.45) is 28.6 Å². The van der Waals surface area contributed by atoms with Gasteiger partial charge in [-0.3, -0.25) is 19.2 Å². The largest absolute Gasteiger partial charge is 0.449 e. The summed E-state index contributed by atoms with van der Waals surface area (Å²) in [6, 6.07) is 0. The van der Waals surface area contributed by atoms with Crippen molar-refractivity contribution in [3.63, 3.8) is 0 Å². The molecule has 0 aromatic heterocycles. The fourth-order valence-electron chi connectivity index (χ4n) is 7.74. The number of allylic oxidation sites excluding steroid dienone is 4. The van der Waals surface area contributed by atoms with Crippen LogP contribution in [0, 0.1) is 28.6 Å². The first-order valence-corrected chi connectivity index (χ1v) is 13.5. The van der Waals surface area contributed by atoms with E-state index in [9.17, 15) is 24.3 Å². The molecule has 9 heteroatoms. The third kappa shape index (κ3) is 3.44. The van der Waals surface area contributed by atoms with E-state index >= 15 is 8.78 Å². The van der Waals surface area contributed by atoms with Gasteiger partial charge in [0.2, 0.25) is 5.12 Å². The van der Waals surface area contributed by atoms with E-state index in [1.807, 2.05) is 0 Å². The zero-order chi connectivity index (χ0) is 26.8. The van der Waals surface area contributed by atoms with Crippen LogP contribution in [0.3, 0.4) is 0 Å². The molecular weight excluding hydrogens is 490 g/mol. The van der Waals surface area contributed by atoms with Gasteiger partial charge in [0, 0.05) is 29.1 Å². The van der Waals surface area contributed by atoms with E-state index in [4.69, 9.17) is 4.74 Å². The van der Waals surface area contributed by atoms with Crippen molar-refractivity contribution in [2.45, 2.75) is 83.8 Å². The quantitative estimate of drug-likeness (QED) is 0.541. The van der Waals surface area contributed by atoms with E-state index in [0.29, 0.717) is 0 Å². The van der Waals surface area contributed by atoms with Crippen LogP contribution in [0.25, 0.3) is 0 Å². The van der Waals surface area contributed by atoms with Crippen molar-refractivity contribution in [2.75, 3.05) is 5.75 Å². The lowest BCUT2D eigenvalue weighted by Crippen LogP contribution is -2.70. The average Bonchev–Trinajstić information content (AvgIpc) is 3.02. The van der Waals surface area contributed by atoms with Gasteiger partial charge in [0.25, 0.3) is 0 Å². The standard InChI is InChI=1S/C27H34F2O6S/c1-6-22(33)35-27(23(34)36-13-15(3)30)14(2)9-17-18-11-20(28)19-10-16(31)7-8-24(19,4)26(18,29)21(32)12-25(17,27)5/h7-8,10,14,17-18,20-21,32H,6,9,11-13H2,1-5H3/t14-,17+,18+,20+,21+,24+,25+,26+,27+/m1/s1. The van der Waals surface area contributed by atoms with Crippen molar-refractivity contribution >= 4 is 34.4 Å². The first kappa shape index (κ1) is 27.2. The van der Waals surface area contributed by atoms with Gasteiger partial charge in [-0.2, -0.15) is 0 Å². The molecule has 198 valence electrons. The highest BCUT2D eigenvalue weighted by Gasteiger charge is 2.78. The van der Waals surface area contributed by atoms with Crippen LogP contribution < -0.4 is 0 Å².